The quantitative estimate of drug-likeness (QED) is 0.131. The molecule has 0 spiro atoms. The zero-order valence-electron chi connectivity index (χ0n) is 54.5. The van der Waals surface area contributed by atoms with Crippen LogP contribution in [0.4, 0.5) is 0 Å². The monoisotopic (exact) mass is 1240 g/mol. The molecule has 0 amide bonds. The third kappa shape index (κ3) is 6.93. The van der Waals surface area contributed by atoms with Gasteiger partial charge in [0.05, 0.1) is 38.6 Å². The zero-order chi connectivity index (χ0) is 64.2. The minimum Gasteiger partial charge on any atom is -0.310 e. The Morgan fingerprint density at radius 2 is 0.649 bits per heavy atom. The number of fused-ring (bicyclic) bond motifs is 30. The van der Waals surface area contributed by atoms with Gasteiger partial charge in [-0.05, 0) is 153 Å². The van der Waals surface area contributed by atoms with Gasteiger partial charge in [0, 0.05) is 76.3 Å². The third-order valence-corrected chi connectivity index (χ3v) is 22.2. The molecule has 2 aliphatic rings. The first-order valence-electron chi connectivity index (χ1n) is 34.0. The highest BCUT2D eigenvalue weighted by Gasteiger charge is 2.44. The van der Waals surface area contributed by atoms with Crippen molar-refractivity contribution in [1.29, 1.82) is 0 Å². The summed E-state index contributed by atoms with van der Waals surface area (Å²) < 4.78 is 9.82. The maximum Gasteiger partial charge on any atom is 0.252 e. The molecular formula is C89H60BN7. The molecule has 0 bridgehead atoms. The minimum atomic E-state index is -0.194. The van der Waals surface area contributed by atoms with Crippen LogP contribution in [0.2, 0.25) is 0 Å². The van der Waals surface area contributed by atoms with E-state index in [1.54, 1.807) is 0 Å². The van der Waals surface area contributed by atoms with Crippen LogP contribution in [0, 0.1) is 0 Å². The lowest BCUT2D eigenvalue weighted by Crippen LogP contribution is -2.59. The van der Waals surface area contributed by atoms with Gasteiger partial charge in [-0.2, -0.15) is 15.0 Å². The fourth-order valence-electron chi connectivity index (χ4n) is 18.0. The Bertz CT molecular complexity index is 6770. The van der Waals surface area contributed by atoms with Crippen molar-refractivity contribution >= 4 is 175 Å². The molecule has 8 heteroatoms. The van der Waals surface area contributed by atoms with Gasteiger partial charge in [-0.25, -0.2) is 0 Å². The average Bonchev–Trinajstić information content (AvgIpc) is 1.54. The van der Waals surface area contributed by atoms with Crippen LogP contribution >= 0.6 is 0 Å². The van der Waals surface area contributed by atoms with Gasteiger partial charge in [0.1, 0.15) is 0 Å². The van der Waals surface area contributed by atoms with Crippen LogP contribution in [0.5, 0.6) is 0 Å². The predicted octanol–water partition coefficient (Wildman–Crippen LogP) is 20.6. The second-order valence-corrected chi connectivity index (χ2v) is 29.4. The van der Waals surface area contributed by atoms with Gasteiger partial charge < -0.3 is 9.13 Å². The van der Waals surface area contributed by atoms with Gasteiger partial charge in [0.2, 0.25) is 11.9 Å². The van der Waals surface area contributed by atoms with E-state index in [0.29, 0.717) is 17.7 Å². The Balaban J connectivity index is 0.973. The van der Waals surface area contributed by atoms with Crippen molar-refractivity contribution in [2.75, 3.05) is 0 Å². The highest BCUT2D eigenvalue weighted by molar-refractivity contribution is 7.00. The first kappa shape index (κ1) is 53.5. The van der Waals surface area contributed by atoms with Crippen molar-refractivity contribution < 1.29 is 0 Å². The summed E-state index contributed by atoms with van der Waals surface area (Å²) in [6.45, 7) is 14.0. The summed E-state index contributed by atoms with van der Waals surface area (Å²) >= 11 is 0. The molecule has 0 unspecified atom stereocenters. The standard InChI is InChI=1S/C89H60BN7/c1-88(2,3)50-39-41-74-65(45-50)67-46-51(89(4,5)6)47-68-83(67)94(74)76-43-49(85-91-86(96-70-35-19-15-29-58(70)59-30-16-20-36-71(59)96)93-87(92-85)97-72-37-21-17-31-60(72)61-32-18-22-38-73(61)97)44-77-82(76)90(68)69-48-66-57-28-10-8-24-53(57)55-26-12-14-34-63(55)79(66)81-80-75(95(77)84(69)81)42-40-64-56-27-9-7-23-52(56)54-25-11-13-33-62(54)78(64)80/h7-48H,1-6H3. The largest absolute Gasteiger partial charge is 0.310 e. The summed E-state index contributed by atoms with van der Waals surface area (Å²) in [7, 11) is 0. The summed E-state index contributed by atoms with van der Waals surface area (Å²) in [6, 6.07) is 96.0. The highest BCUT2D eigenvalue weighted by atomic mass is 15.3. The number of nitrogens with zero attached hydrogens (tertiary/aromatic N) is 7. The molecule has 5 aromatic heterocycles. The van der Waals surface area contributed by atoms with E-state index < -0.39 is 0 Å². The molecule has 0 N–H and O–H groups in total. The topological polar surface area (TPSA) is 58.4 Å². The van der Waals surface area contributed by atoms with E-state index in [2.05, 4.69) is 315 Å². The summed E-state index contributed by atoms with van der Waals surface area (Å²) in [4.78, 5) is 17.4. The Labute approximate surface area is 557 Å². The van der Waals surface area contributed by atoms with Crippen LogP contribution in [0.3, 0.4) is 0 Å². The van der Waals surface area contributed by atoms with Crippen molar-refractivity contribution in [1.82, 2.24) is 33.2 Å². The molecule has 7 nitrogen and oxygen atoms in total. The molecule has 22 rings (SSSR count). The molecule has 15 aromatic carbocycles. The van der Waals surface area contributed by atoms with Crippen molar-refractivity contribution in [3.63, 3.8) is 0 Å². The Morgan fingerprint density at radius 3 is 1.14 bits per heavy atom. The number of benzene rings is 15. The fourth-order valence-corrected chi connectivity index (χ4v) is 18.0. The maximum atomic E-state index is 5.86. The smallest absolute Gasteiger partial charge is 0.252 e. The van der Waals surface area contributed by atoms with Gasteiger partial charge in [-0.1, -0.05) is 236 Å². The van der Waals surface area contributed by atoms with Gasteiger partial charge in [0.15, 0.2) is 5.82 Å². The van der Waals surface area contributed by atoms with Crippen LogP contribution in [0.15, 0.2) is 255 Å². The van der Waals surface area contributed by atoms with Crippen LogP contribution < -0.4 is 16.4 Å². The number of hydrogen-bond acceptors (Lipinski definition) is 3. The van der Waals surface area contributed by atoms with Crippen molar-refractivity contribution in [2.45, 2.75) is 52.4 Å². The Morgan fingerprint density at radius 1 is 0.268 bits per heavy atom. The van der Waals surface area contributed by atoms with E-state index in [0.717, 1.165) is 66.1 Å². The lowest BCUT2D eigenvalue weighted by atomic mass is 9.34. The van der Waals surface area contributed by atoms with Gasteiger partial charge in [-0.15, -0.1) is 0 Å². The Hall–Kier alpha value is -11.9. The summed E-state index contributed by atoms with van der Waals surface area (Å²) in [6.07, 6.45) is 0. The first-order chi connectivity index (χ1) is 47.4. The van der Waals surface area contributed by atoms with Crippen LogP contribution in [-0.4, -0.2) is 39.9 Å². The summed E-state index contributed by atoms with van der Waals surface area (Å²) in [5.41, 5.74) is 18.3. The van der Waals surface area contributed by atoms with Gasteiger partial charge in [-0.3, -0.25) is 9.13 Å². The fraction of sp³-hybridized carbons (Fsp3) is 0.0899. The van der Waals surface area contributed by atoms with E-state index >= 15 is 0 Å². The molecule has 0 aliphatic carbocycles. The maximum absolute atomic E-state index is 5.86. The number of rotatable bonds is 3. The molecule has 0 atom stereocenters. The van der Waals surface area contributed by atoms with Crippen LogP contribution in [0.1, 0.15) is 52.7 Å². The van der Waals surface area contributed by atoms with Crippen LogP contribution in [-0.2, 0) is 10.8 Å². The lowest BCUT2D eigenvalue weighted by molar-refractivity contribution is 0.590. The highest BCUT2D eigenvalue weighted by Crippen LogP contribution is 2.51. The molecule has 0 fully saturated rings. The predicted molar refractivity (Wildman–Crippen MR) is 410 cm³/mol. The summed E-state index contributed by atoms with van der Waals surface area (Å²) in [5.74, 6) is 1.66. The second kappa shape index (κ2) is 18.5. The van der Waals surface area contributed by atoms with Crippen LogP contribution in [0.25, 0.3) is 187 Å². The van der Waals surface area contributed by atoms with Crippen molar-refractivity contribution in [2.24, 2.45) is 0 Å². The normalized spacial score (nSPS) is 13.2. The van der Waals surface area contributed by atoms with E-state index in [9.17, 15) is 0 Å². The van der Waals surface area contributed by atoms with Crippen molar-refractivity contribution in [3.8, 4) is 34.7 Å². The van der Waals surface area contributed by atoms with E-state index in [1.165, 1.54) is 130 Å². The first-order valence-corrected chi connectivity index (χ1v) is 34.0. The van der Waals surface area contributed by atoms with Crippen molar-refractivity contribution in [3.05, 3.63) is 266 Å². The number of hydrogen-bond donors (Lipinski definition) is 0. The Kier molecular flexibility index (Phi) is 10.2. The van der Waals surface area contributed by atoms with E-state index in [1.807, 2.05) is 0 Å². The summed E-state index contributed by atoms with van der Waals surface area (Å²) in [5, 5.41) is 24.7. The van der Waals surface area contributed by atoms with E-state index in [4.69, 9.17) is 15.0 Å². The molecular weight excluding hydrogens is 1180 g/mol. The van der Waals surface area contributed by atoms with Gasteiger partial charge >= 0.3 is 0 Å². The molecule has 0 radical (unpaired) electrons. The second-order valence-electron chi connectivity index (χ2n) is 29.4. The zero-order valence-corrected chi connectivity index (χ0v) is 54.5. The number of para-hydroxylation sites is 4. The molecule has 454 valence electrons. The third-order valence-electron chi connectivity index (χ3n) is 22.2. The SMILES string of the molecule is CC(C)(C)c1ccc2c(c1)c1cc(C(C)(C)C)cc3c1n2-c1cc(-c2nc(-n4c5ccccc5c5ccccc54)nc(-n4c5ccccc5c5ccccc54)n2)cc2c1B3c1cc3c4ccccc4c4ccccc4c3c3c4c5c6ccccc6c6ccccc6c5ccc4n-2c13. The lowest BCUT2D eigenvalue weighted by Gasteiger charge is -2.35. The molecule has 2 aliphatic heterocycles. The van der Waals surface area contributed by atoms with Gasteiger partial charge in [0.25, 0.3) is 6.71 Å². The molecule has 97 heavy (non-hydrogen) atoms. The number of aromatic nitrogens is 7. The van der Waals surface area contributed by atoms with E-state index in [-0.39, 0.29) is 17.5 Å². The minimum absolute atomic E-state index is 0.0895. The molecule has 0 saturated heterocycles. The molecule has 0 saturated carbocycles. The molecule has 7 heterocycles. The molecule has 20 aromatic rings. The average molecular weight is 1240 g/mol.